The maximum Gasteiger partial charge on any atom is 0.153 e. The zero-order valence-corrected chi connectivity index (χ0v) is 16.0. The molecule has 2 aromatic carbocycles. The van der Waals surface area contributed by atoms with E-state index in [9.17, 15) is 0 Å². The fourth-order valence-corrected chi connectivity index (χ4v) is 3.33. The van der Waals surface area contributed by atoms with Crippen LogP contribution in [0.2, 0.25) is 0 Å². The summed E-state index contributed by atoms with van der Waals surface area (Å²) < 4.78 is 1.81. The van der Waals surface area contributed by atoms with Crippen LogP contribution in [-0.2, 0) is 0 Å². The average Bonchev–Trinajstić information content (AvgIpc) is 3.26. The first-order valence-corrected chi connectivity index (χ1v) is 9.71. The highest BCUT2D eigenvalue weighted by Gasteiger charge is 2.11. The second-order valence-electron chi connectivity index (χ2n) is 6.84. The second kappa shape index (κ2) is 8.53. The summed E-state index contributed by atoms with van der Waals surface area (Å²) in [6.45, 7) is 2.21. The Morgan fingerprint density at radius 1 is 0.857 bits per heavy atom. The minimum absolute atomic E-state index is 0.285. The molecule has 4 rings (SSSR count). The molecular weight excluding hydrogens is 344 g/mol. The van der Waals surface area contributed by atoms with E-state index in [1.165, 1.54) is 5.56 Å². The third-order valence-electron chi connectivity index (χ3n) is 4.79. The number of anilines is 1. The summed E-state index contributed by atoms with van der Waals surface area (Å²) in [6, 6.07) is 25.2. The Morgan fingerprint density at radius 3 is 2.29 bits per heavy atom. The standard InChI is InChI=1S/C24H24N4/c1-2-9-23(20-12-7-4-8-13-20)27-22-14-15-24(25-17-22)28-18-21(16-26-28)19-10-5-3-6-11-19/h3-8,10-18,23,27H,2,9H2,1H3. The van der Waals surface area contributed by atoms with Gasteiger partial charge < -0.3 is 5.32 Å². The van der Waals surface area contributed by atoms with E-state index >= 15 is 0 Å². The average molecular weight is 368 g/mol. The van der Waals surface area contributed by atoms with Crippen molar-refractivity contribution in [2.45, 2.75) is 25.8 Å². The molecule has 0 saturated carbocycles. The summed E-state index contributed by atoms with van der Waals surface area (Å²) in [7, 11) is 0. The normalized spacial score (nSPS) is 11.9. The van der Waals surface area contributed by atoms with E-state index in [1.54, 1.807) is 0 Å². The van der Waals surface area contributed by atoms with Crippen molar-refractivity contribution in [1.29, 1.82) is 0 Å². The maximum absolute atomic E-state index is 4.60. The van der Waals surface area contributed by atoms with Crippen molar-refractivity contribution in [2.24, 2.45) is 0 Å². The molecule has 0 spiro atoms. The summed E-state index contributed by atoms with van der Waals surface area (Å²) in [5, 5.41) is 8.08. The Hall–Kier alpha value is -3.40. The van der Waals surface area contributed by atoms with Crippen LogP contribution in [-0.4, -0.2) is 14.8 Å². The van der Waals surface area contributed by atoms with Crippen LogP contribution in [0.4, 0.5) is 5.69 Å². The molecule has 28 heavy (non-hydrogen) atoms. The van der Waals surface area contributed by atoms with Gasteiger partial charge in [0, 0.05) is 11.8 Å². The third-order valence-corrected chi connectivity index (χ3v) is 4.79. The van der Waals surface area contributed by atoms with Gasteiger partial charge >= 0.3 is 0 Å². The van der Waals surface area contributed by atoms with E-state index in [2.05, 4.69) is 70.9 Å². The van der Waals surface area contributed by atoms with E-state index in [1.807, 2.05) is 47.5 Å². The Morgan fingerprint density at radius 2 is 1.61 bits per heavy atom. The summed E-state index contributed by atoms with van der Waals surface area (Å²) >= 11 is 0. The van der Waals surface area contributed by atoms with Crippen molar-refractivity contribution < 1.29 is 0 Å². The molecule has 0 saturated heterocycles. The molecule has 0 amide bonds. The van der Waals surface area contributed by atoms with Crippen LogP contribution in [0.1, 0.15) is 31.4 Å². The van der Waals surface area contributed by atoms with Crippen LogP contribution in [0.3, 0.4) is 0 Å². The summed E-state index contributed by atoms with van der Waals surface area (Å²) in [5.41, 5.74) is 4.54. The van der Waals surface area contributed by atoms with Crippen molar-refractivity contribution in [3.8, 4) is 16.9 Å². The van der Waals surface area contributed by atoms with Gasteiger partial charge in [0.25, 0.3) is 0 Å². The largest absolute Gasteiger partial charge is 0.377 e. The van der Waals surface area contributed by atoms with Crippen molar-refractivity contribution >= 4 is 5.69 Å². The third kappa shape index (κ3) is 4.12. The highest BCUT2D eigenvalue weighted by Crippen LogP contribution is 2.24. The van der Waals surface area contributed by atoms with Gasteiger partial charge in [-0.1, -0.05) is 74.0 Å². The first-order valence-electron chi connectivity index (χ1n) is 9.71. The van der Waals surface area contributed by atoms with Crippen molar-refractivity contribution in [1.82, 2.24) is 14.8 Å². The molecule has 0 aliphatic rings. The van der Waals surface area contributed by atoms with Gasteiger partial charge in [0.05, 0.1) is 24.1 Å². The molecule has 2 heterocycles. The predicted molar refractivity (Wildman–Crippen MR) is 115 cm³/mol. The molecule has 0 aliphatic carbocycles. The van der Waals surface area contributed by atoms with Gasteiger partial charge in [-0.3, -0.25) is 0 Å². The highest BCUT2D eigenvalue weighted by molar-refractivity contribution is 5.61. The SMILES string of the molecule is CCCC(Nc1ccc(-n2cc(-c3ccccc3)cn2)nc1)c1ccccc1. The summed E-state index contributed by atoms with van der Waals surface area (Å²) in [5.74, 6) is 0.805. The molecule has 0 bridgehead atoms. The molecule has 0 fully saturated rings. The first kappa shape index (κ1) is 18.0. The minimum atomic E-state index is 0.285. The highest BCUT2D eigenvalue weighted by atomic mass is 15.3. The number of rotatable bonds is 7. The molecule has 2 aromatic heterocycles. The molecule has 4 heteroatoms. The number of aromatic nitrogens is 3. The lowest BCUT2D eigenvalue weighted by Gasteiger charge is -2.19. The van der Waals surface area contributed by atoms with E-state index in [0.717, 1.165) is 35.5 Å². The minimum Gasteiger partial charge on any atom is -0.377 e. The number of nitrogens with zero attached hydrogens (tertiary/aromatic N) is 3. The lowest BCUT2D eigenvalue weighted by molar-refractivity contribution is 0.677. The number of hydrogen-bond acceptors (Lipinski definition) is 3. The number of benzene rings is 2. The Bertz CT molecular complexity index is 992. The molecule has 140 valence electrons. The van der Waals surface area contributed by atoms with Crippen LogP contribution >= 0.6 is 0 Å². The quantitative estimate of drug-likeness (QED) is 0.442. The molecule has 0 radical (unpaired) electrons. The molecule has 0 aliphatic heterocycles. The molecule has 1 unspecified atom stereocenters. The van der Waals surface area contributed by atoms with Gasteiger partial charge in [-0.05, 0) is 29.7 Å². The summed E-state index contributed by atoms with van der Waals surface area (Å²) in [6.07, 6.45) is 7.95. The molecule has 1 N–H and O–H groups in total. The van der Waals surface area contributed by atoms with Crippen LogP contribution in [0.15, 0.2) is 91.4 Å². The van der Waals surface area contributed by atoms with Gasteiger partial charge in [-0.15, -0.1) is 0 Å². The fraction of sp³-hybridized carbons (Fsp3) is 0.167. The van der Waals surface area contributed by atoms with Gasteiger partial charge in [-0.25, -0.2) is 9.67 Å². The van der Waals surface area contributed by atoms with Crippen molar-refractivity contribution in [2.75, 3.05) is 5.32 Å². The maximum atomic E-state index is 4.60. The van der Waals surface area contributed by atoms with E-state index in [0.29, 0.717) is 0 Å². The predicted octanol–water partition coefficient (Wildman–Crippen LogP) is 5.89. The van der Waals surface area contributed by atoms with Crippen LogP contribution in [0.25, 0.3) is 16.9 Å². The lowest BCUT2D eigenvalue weighted by Crippen LogP contribution is -2.11. The lowest BCUT2D eigenvalue weighted by atomic mass is 10.0. The number of nitrogens with one attached hydrogen (secondary N) is 1. The number of pyridine rings is 1. The number of hydrogen-bond donors (Lipinski definition) is 1. The molecule has 4 aromatic rings. The van der Waals surface area contributed by atoms with E-state index in [-0.39, 0.29) is 6.04 Å². The smallest absolute Gasteiger partial charge is 0.153 e. The van der Waals surface area contributed by atoms with Crippen molar-refractivity contribution in [3.63, 3.8) is 0 Å². The fourth-order valence-electron chi connectivity index (χ4n) is 3.33. The van der Waals surface area contributed by atoms with Crippen molar-refractivity contribution in [3.05, 3.63) is 97.0 Å². The Labute approximate surface area is 165 Å². The van der Waals surface area contributed by atoms with E-state index in [4.69, 9.17) is 0 Å². The van der Waals surface area contributed by atoms with Crippen LogP contribution in [0, 0.1) is 0 Å². The van der Waals surface area contributed by atoms with Gasteiger partial charge in [0.1, 0.15) is 0 Å². The summed E-state index contributed by atoms with van der Waals surface area (Å²) in [4.78, 5) is 4.60. The zero-order valence-electron chi connectivity index (χ0n) is 16.0. The Balaban J connectivity index is 1.50. The van der Waals surface area contributed by atoms with Gasteiger partial charge in [0.15, 0.2) is 5.82 Å². The van der Waals surface area contributed by atoms with Gasteiger partial charge in [0.2, 0.25) is 0 Å². The Kier molecular flexibility index (Phi) is 5.48. The van der Waals surface area contributed by atoms with E-state index < -0.39 is 0 Å². The van der Waals surface area contributed by atoms with Gasteiger partial charge in [-0.2, -0.15) is 5.10 Å². The topological polar surface area (TPSA) is 42.7 Å². The molecule has 1 atom stereocenters. The monoisotopic (exact) mass is 368 g/mol. The van der Waals surface area contributed by atoms with Crippen LogP contribution < -0.4 is 5.32 Å². The van der Waals surface area contributed by atoms with Crippen LogP contribution in [0.5, 0.6) is 0 Å². The molecule has 4 nitrogen and oxygen atoms in total. The molecular formula is C24H24N4. The second-order valence-corrected chi connectivity index (χ2v) is 6.84. The first-order chi connectivity index (χ1) is 13.8. The zero-order chi connectivity index (χ0) is 19.2.